The highest BCUT2D eigenvalue weighted by Gasteiger charge is 2.41. The van der Waals surface area contributed by atoms with Crippen LogP contribution in [0.25, 0.3) is 0 Å². The summed E-state index contributed by atoms with van der Waals surface area (Å²) in [7, 11) is 0. The molecule has 7 unspecified atom stereocenters. The van der Waals surface area contributed by atoms with Gasteiger partial charge < -0.3 is 9.84 Å². The number of rotatable bonds is 6. The Bertz CT molecular complexity index is 623. The van der Waals surface area contributed by atoms with Gasteiger partial charge in [-0.3, -0.25) is 4.99 Å². The molecule has 0 bridgehead atoms. The van der Waals surface area contributed by atoms with Gasteiger partial charge >= 0.3 is 0 Å². The fourth-order valence-corrected chi connectivity index (χ4v) is 7.82. The number of allylic oxidation sites excluding steroid dienone is 1. The van der Waals surface area contributed by atoms with E-state index in [1.165, 1.54) is 76.3 Å². The van der Waals surface area contributed by atoms with E-state index in [0.29, 0.717) is 33.7 Å². The predicted molar refractivity (Wildman–Crippen MR) is 138 cm³/mol. The lowest BCUT2D eigenvalue weighted by Crippen LogP contribution is -2.44. The number of halogens is 1. The number of ether oxygens (including phenoxy) is 1. The van der Waals surface area contributed by atoms with Gasteiger partial charge in [-0.15, -0.1) is 0 Å². The summed E-state index contributed by atoms with van der Waals surface area (Å²) in [5.74, 6) is 3.32. The Morgan fingerprint density at radius 3 is 2.42 bits per heavy atom. The van der Waals surface area contributed by atoms with Crippen molar-refractivity contribution >= 4 is 28.3 Å². The van der Waals surface area contributed by atoms with Crippen LogP contribution in [-0.2, 0) is 4.74 Å². The topological polar surface area (TPSA) is 41.8 Å². The molecule has 3 saturated carbocycles. The number of alkyl halides is 1. The maximum atomic E-state index is 10.6. The quantitative estimate of drug-likeness (QED) is 0.298. The average molecular weight is 542 g/mol. The molecule has 4 heteroatoms. The fraction of sp³-hybridized carbons (Fsp3) is 0.889. The van der Waals surface area contributed by atoms with Crippen LogP contribution in [0.5, 0.6) is 0 Å². The average Bonchev–Trinajstić information content (AvgIpc) is 2.80. The van der Waals surface area contributed by atoms with Gasteiger partial charge in [-0.2, -0.15) is 0 Å². The van der Waals surface area contributed by atoms with Gasteiger partial charge in [0.2, 0.25) is 0 Å². The maximum absolute atomic E-state index is 10.6. The molecule has 0 aromatic carbocycles. The van der Waals surface area contributed by atoms with Crippen molar-refractivity contribution in [1.82, 2.24) is 0 Å². The first kappa shape index (κ1) is 24.2. The standard InChI is InChI=1S/C27H44INO2/c1-18-15-25(31-17-20-9-5-3-6-10-20)26(28)19(2)23(18)16-22-13-14-24(30)27(29-22)21-11-7-4-8-12-21/h13-14,18-21,23-27,30H,3-12,15-17H2,1-2H3. The second-order valence-electron chi connectivity index (χ2n) is 11.1. The van der Waals surface area contributed by atoms with E-state index in [1.807, 2.05) is 6.08 Å². The molecule has 0 amide bonds. The lowest BCUT2D eigenvalue weighted by Gasteiger charge is -2.43. The van der Waals surface area contributed by atoms with Crippen molar-refractivity contribution in [3.63, 3.8) is 0 Å². The summed E-state index contributed by atoms with van der Waals surface area (Å²) in [6.07, 6.45) is 19.8. The molecule has 0 aromatic heterocycles. The van der Waals surface area contributed by atoms with Crippen LogP contribution in [0.15, 0.2) is 17.1 Å². The SMILES string of the molecule is CC1CC(OCC2CCCCC2)C(I)C(C)C1CC1=NC(C2CCCCC2)C(O)C=C1. The van der Waals surface area contributed by atoms with Crippen molar-refractivity contribution in [2.24, 2.45) is 34.6 Å². The molecule has 0 saturated heterocycles. The second kappa shape index (κ2) is 11.5. The Morgan fingerprint density at radius 1 is 1.03 bits per heavy atom. The number of nitrogens with zero attached hydrogens (tertiary/aromatic N) is 1. The van der Waals surface area contributed by atoms with Gasteiger partial charge in [0.1, 0.15) is 0 Å². The molecule has 4 rings (SSSR count). The summed E-state index contributed by atoms with van der Waals surface area (Å²) in [4.78, 5) is 5.14. The molecular weight excluding hydrogens is 497 g/mol. The molecule has 1 heterocycles. The monoisotopic (exact) mass is 541 g/mol. The first-order chi connectivity index (χ1) is 15.0. The van der Waals surface area contributed by atoms with Crippen LogP contribution in [-0.4, -0.2) is 39.6 Å². The zero-order valence-corrected chi connectivity index (χ0v) is 21.9. The normalized spacial score (nSPS) is 40.6. The first-order valence-electron chi connectivity index (χ1n) is 13.2. The highest BCUT2D eigenvalue weighted by atomic mass is 127. The predicted octanol–water partition coefficient (Wildman–Crippen LogP) is 6.76. The van der Waals surface area contributed by atoms with Crippen LogP contribution in [0.4, 0.5) is 0 Å². The van der Waals surface area contributed by atoms with Gasteiger partial charge in [-0.25, -0.2) is 0 Å². The fourth-order valence-electron chi connectivity index (χ4n) is 6.78. The third-order valence-corrected chi connectivity index (χ3v) is 10.8. The van der Waals surface area contributed by atoms with E-state index in [0.717, 1.165) is 18.9 Å². The number of aliphatic hydroxyl groups excluding tert-OH is 1. The van der Waals surface area contributed by atoms with E-state index < -0.39 is 0 Å². The third kappa shape index (κ3) is 6.15. The van der Waals surface area contributed by atoms with Gasteiger partial charge in [0.15, 0.2) is 0 Å². The van der Waals surface area contributed by atoms with Crippen LogP contribution in [0.3, 0.4) is 0 Å². The summed E-state index contributed by atoms with van der Waals surface area (Å²) in [5, 5.41) is 10.6. The van der Waals surface area contributed by atoms with Gasteiger partial charge in [0.05, 0.1) is 18.2 Å². The maximum Gasteiger partial charge on any atom is 0.0950 e. The molecular formula is C27H44INO2. The molecule has 1 aliphatic heterocycles. The Balaban J connectivity index is 1.34. The third-order valence-electron chi connectivity index (χ3n) is 8.87. The molecule has 0 spiro atoms. The summed E-state index contributed by atoms with van der Waals surface area (Å²) in [6, 6.07) is 0.0940. The van der Waals surface area contributed by atoms with Crippen molar-refractivity contribution in [3.8, 4) is 0 Å². The second-order valence-corrected chi connectivity index (χ2v) is 12.6. The molecule has 0 aromatic rings. The molecule has 4 aliphatic rings. The zero-order chi connectivity index (χ0) is 21.8. The summed E-state index contributed by atoms with van der Waals surface area (Å²) < 4.78 is 7.12. The molecule has 0 radical (unpaired) electrons. The van der Waals surface area contributed by atoms with Gasteiger partial charge in [0.25, 0.3) is 0 Å². The number of hydrogen-bond acceptors (Lipinski definition) is 3. The molecule has 3 aliphatic carbocycles. The van der Waals surface area contributed by atoms with Crippen molar-refractivity contribution in [2.45, 2.75) is 113 Å². The van der Waals surface area contributed by atoms with Gasteiger partial charge in [-0.1, -0.05) is 81.0 Å². The largest absolute Gasteiger partial charge is 0.387 e. The lowest BCUT2D eigenvalue weighted by molar-refractivity contribution is -0.0284. The molecule has 3 fully saturated rings. The van der Waals surface area contributed by atoms with E-state index >= 15 is 0 Å². The van der Waals surface area contributed by atoms with Crippen molar-refractivity contribution in [1.29, 1.82) is 0 Å². The Labute approximate surface area is 204 Å². The highest BCUT2D eigenvalue weighted by molar-refractivity contribution is 14.1. The highest BCUT2D eigenvalue weighted by Crippen LogP contribution is 2.43. The Morgan fingerprint density at radius 2 is 1.71 bits per heavy atom. The van der Waals surface area contributed by atoms with Crippen LogP contribution < -0.4 is 0 Å². The number of aliphatic hydroxyl groups is 1. The van der Waals surface area contributed by atoms with E-state index in [1.54, 1.807) is 0 Å². The Hall–Kier alpha value is 0.0600. The van der Waals surface area contributed by atoms with Crippen LogP contribution in [0, 0.1) is 29.6 Å². The Kier molecular flexibility index (Phi) is 8.95. The first-order valence-corrected chi connectivity index (χ1v) is 14.5. The zero-order valence-electron chi connectivity index (χ0n) is 19.7. The lowest BCUT2D eigenvalue weighted by atomic mass is 9.70. The molecule has 3 nitrogen and oxygen atoms in total. The molecule has 176 valence electrons. The van der Waals surface area contributed by atoms with Gasteiger partial charge in [-0.05, 0) is 74.2 Å². The van der Waals surface area contributed by atoms with Gasteiger partial charge in [0, 0.05) is 16.2 Å². The summed E-state index contributed by atoms with van der Waals surface area (Å²) in [5.41, 5.74) is 1.23. The number of hydrogen-bond donors (Lipinski definition) is 1. The van der Waals surface area contributed by atoms with Crippen molar-refractivity contribution in [3.05, 3.63) is 12.2 Å². The minimum atomic E-state index is -0.386. The van der Waals surface area contributed by atoms with E-state index in [-0.39, 0.29) is 12.1 Å². The van der Waals surface area contributed by atoms with E-state index in [9.17, 15) is 5.11 Å². The molecule has 31 heavy (non-hydrogen) atoms. The van der Waals surface area contributed by atoms with Crippen LogP contribution >= 0.6 is 22.6 Å². The van der Waals surface area contributed by atoms with Crippen LogP contribution in [0.1, 0.15) is 90.9 Å². The minimum Gasteiger partial charge on any atom is -0.387 e. The number of aliphatic imine (C=N–C) groups is 1. The van der Waals surface area contributed by atoms with Crippen molar-refractivity contribution < 1.29 is 9.84 Å². The number of dihydropyridines is 1. The summed E-state index contributed by atoms with van der Waals surface area (Å²) >= 11 is 2.68. The minimum absolute atomic E-state index is 0.0940. The molecule has 7 atom stereocenters. The van der Waals surface area contributed by atoms with Crippen LogP contribution in [0.2, 0.25) is 0 Å². The molecule has 1 N–H and O–H groups in total. The smallest absolute Gasteiger partial charge is 0.0950 e. The van der Waals surface area contributed by atoms with E-state index in [2.05, 4.69) is 42.5 Å². The summed E-state index contributed by atoms with van der Waals surface area (Å²) in [6.45, 7) is 5.85. The van der Waals surface area contributed by atoms with Crippen molar-refractivity contribution in [2.75, 3.05) is 6.61 Å². The van der Waals surface area contributed by atoms with E-state index in [4.69, 9.17) is 9.73 Å².